The van der Waals surface area contributed by atoms with Gasteiger partial charge in [-0.25, -0.2) is 9.78 Å². The monoisotopic (exact) mass is 412 g/mol. The molecule has 1 heterocycles. The molecule has 0 bridgehead atoms. The number of nitrogens with one attached hydrogen (secondary N) is 1. The van der Waals surface area contributed by atoms with Crippen molar-refractivity contribution >= 4 is 28.9 Å². The SMILES string of the molecule is COC(=O)c1cc(C(F)(F)F)c(-c2nc(C(F)(F)F)cs2)cc1NC(C)=O. The summed E-state index contributed by atoms with van der Waals surface area (Å²) in [5.41, 5.74) is -4.40. The molecule has 0 unspecified atom stereocenters. The van der Waals surface area contributed by atoms with Gasteiger partial charge in [0.05, 0.1) is 23.9 Å². The molecule has 2 aromatic rings. The second-order valence-electron chi connectivity index (χ2n) is 5.15. The molecule has 2 rings (SSSR count). The van der Waals surface area contributed by atoms with Crippen LogP contribution in [0.15, 0.2) is 17.5 Å². The molecule has 0 spiro atoms. The summed E-state index contributed by atoms with van der Waals surface area (Å²) < 4.78 is 82.9. The number of halogens is 6. The molecule has 1 aromatic heterocycles. The number of anilines is 1. The molecule has 0 fully saturated rings. The lowest BCUT2D eigenvalue weighted by molar-refractivity contribution is -0.140. The Kier molecular flexibility index (Phi) is 5.50. The number of ether oxygens (including phenoxy) is 1. The maximum Gasteiger partial charge on any atom is 0.434 e. The molecule has 1 amide bonds. The van der Waals surface area contributed by atoms with Crippen molar-refractivity contribution in [3.8, 4) is 10.6 Å². The van der Waals surface area contributed by atoms with E-state index in [1.165, 1.54) is 0 Å². The fraction of sp³-hybridized carbons (Fsp3) is 0.267. The van der Waals surface area contributed by atoms with E-state index < -0.39 is 51.6 Å². The van der Waals surface area contributed by atoms with Crippen LogP contribution in [0.1, 0.15) is 28.5 Å². The first-order chi connectivity index (χ1) is 12.3. The zero-order chi connectivity index (χ0) is 20.6. The van der Waals surface area contributed by atoms with Gasteiger partial charge in [-0.3, -0.25) is 4.79 Å². The normalized spacial score (nSPS) is 12.0. The van der Waals surface area contributed by atoms with Gasteiger partial charge >= 0.3 is 18.3 Å². The van der Waals surface area contributed by atoms with Gasteiger partial charge in [-0.15, -0.1) is 11.3 Å². The van der Waals surface area contributed by atoms with Gasteiger partial charge in [0.1, 0.15) is 5.01 Å². The van der Waals surface area contributed by atoms with Crippen molar-refractivity contribution in [3.63, 3.8) is 0 Å². The Bertz CT molecular complexity index is 889. The quantitative estimate of drug-likeness (QED) is 0.591. The van der Waals surface area contributed by atoms with Crippen molar-refractivity contribution < 1.29 is 40.7 Å². The Hall–Kier alpha value is -2.63. The lowest BCUT2D eigenvalue weighted by Gasteiger charge is -2.16. The number of rotatable bonds is 3. The molecule has 0 atom stereocenters. The number of hydrogen-bond acceptors (Lipinski definition) is 5. The van der Waals surface area contributed by atoms with Gasteiger partial charge < -0.3 is 10.1 Å². The summed E-state index contributed by atoms with van der Waals surface area (Å²) in [6.07, 6.45) is -9.84. The van der Waals surface area contributed by atoms with Crippen molar-refractivity contribution in [2.24, 2.45) is 0 Å². The number of alkyl halides is 6. The number of amides is 1. The summed E-state index contributed by atoms with van der Waals surface area (Å²) in [5, 5.41) is 2.16. The van der Waals surface area contributed by atoms with Crippen LogP contribution in [0, 0.1) is 0 Å². The first-order valence-corrected chi connectivity index (χ1v) is 7.86. The van der Waals surface area contributed by atoms with Crippen LogP contribution < -0.4 is 5.32 Å². The number of hydrogen-bond donors (Lipinski definition) is 1. The molecule has 27 heavy (non-hydrogen) atoms. The van der Waals surface area contributed by atoms with Gasteiger partial charge in [0.2, 0.25) is 5.91 Å². The highest BCUT2D eigenvalue weighted by molar-refractivity contribution is 7.13. The Morgan fingerprint density at radius 3 is 2.19 bits per heavy atom. The van der Waals surface area contributed by atoms with E-state index in [4.69, 9.17) is 0 Å². The van der Waals surface area contributed by atoms with Gasteiger partial charge in [0.15, 0.2) is 5.69 Å². The van der Waals surface area contributed by atoms with Gasteiger partial charge in [-0.05, 0) is 12.1 Å². The van der Waals surface area contributed by atoms with E-state index in [1.54, 1.807) is 0 Å². The average molecular weight is 412 g/mol. The zero-order valence-corrected chi connectivity index (χ0v) is 14.4. The van der Waals surface area contributed by atoms with E-state index in [0.29, 0.717) is 22.8 Å². The van der Waals surface area contributed by atoms with Crippen molar-refractivity contribution in [2.75, 3.05) is 12.4 Å². The molecule has 1 aromatic carbocycles. The molecule has 0 aliphatic heterocycles. The molecular weight excluding hydrogens is 402 g/mol. The lowest BCUT2D eigenvalue weighted by Crippen LogP contribution is -2.16. The number of thiazole rings is 1. The maximum absolute atomic E-state index is 13.4. The number of carbonyl (C=O) groups is 2. The Morgan fingerprint density at radius 2 is 1.74 bits per heavy atom. The summed E-state index contributed by atoms with van der Waals surface area (Å²) >= 11 is 0.347. The van der Waals surface area contributed by atoms with E-state index in [9.17, 15) is 35.9 Å². The largest absolute Gasteiger partial charge is 0.465 e. The van der Waals surface area contributed by atoms with Crippen LogP contribution >= 0.6 is 11.3 Å². The minimum atomic E-state index is -5.00. The van der Waals surface area contributed by atoms with Crippen LogP contribution in [0.25, 0.3) is 10.6 Å². The molecule has 0 radical (unpaired) electrons. The van der Waals surface area contributed by atoms with E-state index >= 15 is 0 Å². The minimum absolute atomic E-state index is 0.346. The fourth-order valence-electron chi connectivity index (χ4n) is 2.11. The van der Waals surface area contributed by atoms with Crippen molar-refractivity contribution in [2.45, 2.75) is 19.3 Å². The summed E-state index contributed by atoms with van der Waals surface area (Å²) in [4.78, 5) is 26.3. The Morgan fingerprint density at radius 1 is 1.11 bits per heavy atom. The second-order valence-corrected chi connectivity index (χ2v) is 6.01. The molecule has 1 N–H and O–H groups in total. The fourth-order valence-corrected chi connectivity index (χ4v) is 2.97. The predicted octanol–water partition coefficient (Wildman–Crippen LogP) is 4.59. The van der Waals surface area contributed by atoms with Crippen LogP contribution in [-0.2, 0) is 21.9 Å². The van der Waals surface area contributed by atoms with Gasteiger partial charge in [-0.1, -0.05) is 0 Å². The minimum Gasteiger partial charge on any atom is -0.465 e. The van der Waals surface area contributed by atoms with Crippen LogP contribution in [0.3, 0.4) is 0 Å². The number of nitrogens with zero attached hydrogens (tertiary/aromatic N) is 1. The number of esters is 1. The van der Waals surface area contributed by atoms with E-state index in [-0.39, 0.29) is 5.69 Å². The van der Waals surface area contributed by atoms with Gasteiger partial charge in [0.25, 0.3) is 0 Å². The maximum atomic E-state index is 13.4. The van der Waals surface area contributed by atoms with E-state index in [2.05, 4.69) is 15.0 Å². The molecule has 0 aliphatic carbocycles. The van der Waals surface area contributed by atoms with Gasteiger partial charge in [0, 0.05) is 17.9 Å². The molecule has 0 saturated carbocycles. The first kappa shape index (κ1) is 20.7. The molecule has 12 heteroatoms. The summed E-state index contributed by atoms with van der Waals surface area (Å²) in [7, 11) is 0.928. The molecule has 146 valence electrons. The van der Waals surface area contributed by atoms with Crippen molar-refractivity contribution in [3.05, 3.63) is 34.3 Å². The third kappa shape index (κ3) is 4.56. The predicted molar refractivity (Wildman–Crippen MR) is 83.2 cm³/mol. The Labute approximate surface area is 152 Å². The van der Waals surface area contributed by atoms with Crippen molar-refractivity contribution in [1.29, 1.82) is 0 Å². The molecule has 0 saturated heterocycles. The van der Waals surface area contributed by atoms with Crippen LogP contribution in [0.2, 0.25) is 0 Å². The van der Waals surface area contributed by atoms with Crippen molar-refractivity contribution in [1.82, 2.24) is 4.98 Å². The summed E-state index contributed by atoms with van der Waals surface area (Å²) in [6.45, 7) is 1.05. The first-order valence-electron chi connectivity index (χ1n) is 6.98. The topological polar surface area (TPSA) is 68.3 Å². The molecule has 0 aliphatic rings. The highest BCUT2D eigenvalue weighted by Gasteiger charge is 2.38. The third-order valence-corrected chi connectivity index (χ3v) is 4.08. The Balaban J connectivity index is 2.76. The van der Waals surface area contributed by atoms with E-state index in [1.807, 2.05) is 0 Å². The zero-order valence-electron chi connectivity index (χ0n) is 13.6. The third-order valence-electron chi connectivity index (χ3n) is 3.20. The smallest absolute Gasteiger partial charge is 0.434 e. The summed E-state index contributed by atoms with van der Waals surface area (Å²) in [6, 6.07) is 1.15. The number of methoxy groups -OCH3 is 1. The molecule has 5 nitrogen and oxygen atoms in total. The van der Waals surface area contributed by atoms with Crippen LogP contribution in [0.4, 0.5) is 32.0 Å². The highest BCUT2D eigenvalue weighted by Crippen LogP contribution is 2.42. The van der Waals surface area contributed by atoms with Gasteiger partial charge in [-0.2, -0.15) is 26.3 Å². The summed E-state index contributed by atoms with van der Waals surface area (Å²) in [5.74, 6) is -1.87. The van der Waals surface area contributed by atoms with Crippen LogP contribution in [0.5, 0.6) is 0 Å². The van der Waals surface area contributed by atoms with Crippen LogP contribution in [-0.4, -0.2) is 24.0 Å². The highest BCUT2D eigenvalue weighted by atomic mass is 32.1. The number of aromatic nitrogens is 1. The lowest BCUT2D eigenvalue weighted by atomic mass is 10.0. The van der Waals surface area contributed by atoms with E-state index in [0.717, 1.165) is 20.1 Å². The standard InChI is InChI=1S/C15H10F6N2O3S/c1-6(24)22-10-4-7(12-23-11(5-27-12)15(19,20)21)9(14(16,17)18)3-8(10)13(25)26-2/h3-5H,1-2H3,(H,22,24). The second kappa shape index (κ2) is 7.18. The number of carbonyl (C=O) groups excluding carboxylic acids is 2. The average Bonchev–Trinajstić information content (AvgIpc) is 3.02. The molecular formula is C15H10F6N2O3S. The number of benzene rings is 1.